The molecular formula is C40H25NO2. The molecule has 2 aromatic heterocycles. The molecular weight excluding hydrogens is 526 g/mol. The molecule has 0 aliphatic heterocycles. The molecule has 0 fully saturated rings. The van der Waals surface area contributed by atoms with Crippen LogP contribution in [0.1, 0.15) is 0 Å². The van der Waals surface area contributed by atoms with Gasteiger partial charge in [-0.1, -0.05) is 84.9 Å². The van der Waals surface area contributed by atoms with E-state index in [9.17, 15) is 0 Å². The highest BCUT2D eigenvalue weighted by atomic mass is 16.3. The van der Waals surface area contributed by atoms with Crippen molar-refractivity contribution < 1.29 is 8.83 Å². The highest BCUT2D eigenvalue weighted by molar-refractivity contribution is 6.11. The maximum atomic E-state index is 6.30. The maximum Gasteiger partial charge on any atom is 0.137 e. The van der Waals surface area contributed by atoms with Crippen molar-refractivity contribution in [1.29, 1.82) is 0 Å². The molecule has 0 aliphatic carbocycles. The van der Waals surface area contributed by atoms with Gasteiger partial charge in [0, 0.05) is 44.7 Å². The highest BCUT2D eigenvalue weighted by Gasteiger charge is 2.17. The number of nitrogens with zero attached hydrogens (tertiary/aromatic N) is 1. The second kappa shape index (κ2) is 9.37. The molecule has 0 unspecified atom stereocenters. The Kier molecular flexibility index (Phi) is 5.20. The fourth-order valence-electron chi connectivity index (χ4n) is 6.33. The first kappa shape index (κ1) is 23.9. The van der Waals surface area contributed by atoms with E-state index in [0.717, 1.165) is 66.3 Å². The lowest BCUT2D eigenvalue weighted by molar-refractivity contribution is 0.669. The van der Waals surface area contributed by atoms with Crippen LogP contribution < -0.4 is 4.90 Å². The van der Waals surface area contributed by atoms with Crippen molar-refractivity contribution in [2.24, 2.45) is 0 Å². The highest BCUT2D eigenvalue weighted by Crippen LogP contribution is 2.41. The Labute approximate surface area is 247 Å². The molecule has 9 rings (SSSR count). The lowest BCUT2D eigenvalue weighted by Gasteiger charge is -2.26. The first-order valence-corrected chi connectivity index (χ1v) is 14.5. The van der Waals surface area contributed by atoms with Gasteiger partial charge in [-0.15, -0.1) is 0 Å². The molecule has 0 saturated heterocycles. The Morgan fingerprint density at radius 1 is 0.326 bits per heavy atom. The molecule has 7 aromatic carbocycles. The third kappa shape index (κ3) is 3.90. The van der Waals surface area contributed by atoms with Crippen LogP contribution in [-0.4, -0.2) is 0 Å². The van der Waals surface area contributed by atoms with Crippen LogP contribution in [0.15, 0.2) is 160 Å². The molecule has 9 aromatic rings. The molecule has 3 nitrogen and oxygen atoms in total. The quantitative estimate of drug-likeness (QED) is 0.218. The second-order valence-corrected chi connectivity index (χ2v) is 11.0. The zero-order valence-corrected chi connectivity index (χ0v) is 23.2. The van der Waals surface area contributed by atoms with Crippen LogP contribution in [0.5, 0.6) is 0 Å². The summed E-state index contributed by atoms with van der Waals surface area (Å²) in [6, 6.07) is 53.2. The zero-order valence-electron chi connectivity index (χ0n) is 23.2. The number of benzene rings is 7. The molecule has 202 valence electrons. The Morgan fingerprint density at radius 2 is 0.884 bits per heavy atom. The molecule has 2 heterocycles. The normalized spacial score (nSPS) is 11.7. The first-order chi connectivity index (χ1) is 21.3. The van der Waals surface area contributed by atoms with Crippen molar-refractivity contribution >= 4 is 71.7 Å². The van der Waals surface area contributed by atoms with E-state index in [1.165, 1.54) is 16.5 Å². The SMILES string of the molecule is c1ccc(-c2ccc(N(c3ccc4cc5c(cc4c3)oc3ccccc35)c3ccc4c(c3)oc3ccccc34)cc2)cc1. The van der Waals surface area contributed by atoms with Gasteiger partial charge in [0.15, 0.2) is 0 Å². The molecule has 0 N–H and O–H groups in total. The van der Waals surface area contributed by atoms with Crippen molar-refractivity contribution in [3.8, 4) is 11.1 Å². The predicted octanol–water partition coefficient (Wildman–Crippen LogP) is 11.8. The average Bonchev–Trinajstić information content (AvgIpc) is 3.62. The van der Waals surface area contributed by atoms with Crippen LogP contribution in [0.4, 0.5) is 17.1 Å². The molecule has 0 aliphatic rings. The Balaban J connectivity index is 1.22. The van der Waals surface area contributed by atoms with Crippen LogP contribution in [0.2, 0.25) is 0 Å². The van der Waals surface area contributed by atoms with Crippen molar-refractivity contribution in [3.63, 3.8) is 0 Å². The third-order valence-electron chi connectivity index (χ3n) is 8.43. The zero-order chi connectivity index (χ0) is 28.3. The predicted molar refractivity (Wildman–Crippen MR) is 179 cm³/mol. The Morgan fingerprint density at radius 3 is 1.65 bits per heavy atom. The van der Waals surface area contributed by atoms with Crippen molar-refractivity contribution in [3.05, 3.63) is 152 Å². The number of hydrogen-bond acceptors (Lipinski definition) is 3. The summed E-state index contributed by atoms with van der Waals surface area (Å²) in [6.07, 6.45) is 0. The van der Waals surface area contributed by atoms with Crippen LogP contribution in [-0.2, 0) is 0 Å². The van der Waals surface area contributed by atoms with Crippen LogP contribution >= 0.6 is 0 Å². The van der Waals surface area contributed by atoms with E-state index < -0.39 is 0 Å². The number of furan rings is 2. The summed E-state index contributed by atoms with van der Waals surface area (Å²) in [7, 11) is 0. The van der Waals surface area contributed by atoms with Gasteiger partial charge in [0.2, 0.25) is 0 Å². The topological polar surface area (TPSA) is 29.5 Å². The van der Waals surface area contributed by atoms with Crippen LogP contribution in [0.25, 0.3) is 65.8 Å². The maximum absolute atomic E-state index is 6.30. The Hall–Kier alpha value is -5.80. The first-order valence-electron chi connectivity index (χ1n) is 14.5. The van der Waals surface area contributed by atoms with E-state index >= 15 is 0 Å². The molecule has 0 atom stereocenters. The smallest absolute Gasteiger partial charge is 0.137 e. The van der Waals surface area contributed by atoms with Gasteiger partial charge in [-0.25, -0.2) is 0 Å². The van der Waals surface area contributed by atoms with Gasteiger partial charge in [0.05, 0.1) is 0 Å². The van der Waals surface area contributed by atoms with Gasteiger partial charge < -0.3 is 13.7 Å². The minimum Gasteiger partial charge on any atom is -0.456 e. The summed E-state index contributed by atoms with van der Waals surface area (Å²) in [5.41, 5.74) is 9.12. The summed E-state index contributed by atoms with van der Waals surface area (Å²) in [5.74, 6) is 0. The van der Waals surface area contributed by atoms with E-state index in [-0.39, 0.29) is 0 Å². The van der Waals surface area contributed by atoms with E-state index in [4.69, 9.17) is 8.83 Å². The number of fused-ring (bicyclic) bond motifs is 7. The van der Waals surface area contributed by atoms with E-state index in [1.807, 2.05) is 30.3 Å². The second-order valence-electron chi connectivity index (χ2n) is 11.0. The lowest BCUT2D eigenvalue weighted by atomic mass is 10.0. The fraction of sp³-hybridized carbons (Fsp3) is 0. The molecule has 0 spiro atoms. The molecule has 0 bridgehead atoms. The standard InChI is InChI=1S/C40H25NO2/c1-2-8-26(9-3-1)27-14-17-30(18-15-27)41(32-20-21-35-33-10-4-6-12-37(33)43-40(35)25-32)31-19-16-28-23-36-34-11-5-7-13-38(34)42-39(36)24-29(28)22-31/h1-25H. The summed E-state index contributed by atoms with van der Waals surface area (Å²) < 4.78 is 12.5. The van der Waals surface area contributed by atoms with Gasteiger partial charge >= 0.3 is 0 Å². The molecule has 0 amide bonds. The van der Waals surface area contributed by atoms with Gasteiger partial charge in [0.1, 0.15) is 22.3 Å². The van der Waals surface area contributed by atoms with E-state index in [0.29, 0.717) is 0 Å². The Bertz CT molecular complexity index is 2450. The number of anilines is 3. The minimum atomic E-state index is 0.870. The number of para-hydroxylation sites is 2. The minimum absolute atomic E-state index is 0.870. The monoisotopic (exact) mass is 551 g/mol. The van der Waals surface area contributed by atoms with Gasteiger partial charge in [-0.3, -0.25) is 0 Å². The number of rotatable bonds is 4. The van der Waals surface area contributed by atoms with Crippen LogP contribution in [0, 0.1) is 0 Å². The largest absolute Gasteiger partial charge is 0.456 e. The third-order valence-corrected chi connectivity index (χ3v) is 8.43. The van der Waals surface area contributed by atoms with Gasteiger partial charge in [-0.2, -0.15) is 0 Å². The molecule has 3 heteroatoms. The van der Waals surface area contributed by atoms with Crippen molar-refractivity contribution in [2.45, 2.75) is 0 Å². The number of hydrogen-bond donors (Lipinski definition) is 0. The van der Waals surface area contributed by atoms with Gasteiger partial charge in [0.25, 0.3) is 0 Å². The van der Waals surface area contributed by atoms with Crippen molar-refractivity contribution in [2.75, 3.05) is 4.90 Å². The molecule has 0 saturated carbocycles. The average molecular weight is 552 g/mol. The van der Waals surface area contributed by atoms with E-state index in [2.05, 4.69) is 126 Å². The summed E-state index contributed by atoms with van der Waals surface area (Å²) >= 11 is 0. The summed E-state index contributed by atoms with van der Waals surface area (Å²) in [4.78, 5) is 2.30. The van der Waals surface area contributed by atoms with E-state index in [1.54, 1.807) is 0 Å². The van der Waals surface area contributed by atoms with Crippen LogP contribution in [0.3, 0.4) is 0 Å². The lowest BCUT2D eigenvalue weighted by Crippen LogP contribution is -2.09. The van der Waals surface area contributed by atoms with Crippen molar-refractivity contribution in [1.82, 2.24) is 0 Å². The summed E-state index contributed by atoms with van der Waals surface area (Å²) in [6.45, 7) is 0. The molecule has 43 heavy (non-hydrogen) atoms. The molecule has 0 radical (unpaired) electrons. The fourth-order valence-corrected chi connectivity index (χ4v) is 6.33. The van der Waals surface area contributed by atoms with Gasteiger partial charge in [-0.05, 0) is 82.6 Å². The summed E-state index contributed by atoms with van der Waals surface area (Å²) in [5, 5.41) is 6.82.